The van der Waals surface area contributed by atoms with Crippen molar-refractivity contribution < 1.29 is 0 Å². The molecule has 0 aliphatic rings. The summed E-state index contributed by atoms with van der Waals surface area (Å²) in [6.07, 6.45) is 3.37. The van der Waals surface area contributed by atoms with Crippen LogP contribution in [0.3, 0.4) is 0 Å². The van der Waals surface area contributed by atoms with E-state index in [1.54, 1.807) is 12.1 Å². The Morgan fingerprint density at radius 1 is 1.03 bits per heavy atom. The zero-order chi connectivity index (χ0) is 22.1. The van der Waals surface area contributed by atoms with Gasteiger partial charge >= 0.3 is 0 Å². The van der Waals surface area contributed by atoms with E-state index in [0.717, 1.165) is 60.5 Å². The van der Waals surface area contributed by atoms with Gasteiger partial charge in [0, 0.05) is 28.9 Å². The first-order chi connectivity index (χ1) is 15.2. The van der Waals surface area contributed by atoms with Crippen molar-refractivity contribution >= 4 is 23.5 Å². The maximum atomic E-state index is 9.13. The van der Waals surface area contributed by atoms with Gasteiger partial charge in [-0.2, -0.15) is 5.26 Å². The molecule has 3 aromatic rings. The maximum Gasteiger partial charge on any atom is 0.104 e. The van der Waals surface area contributed by atoms with Crippen LogP contribution < -0.4 is 10.6 Å². The molecule has 0 amide bonds. The zero-order valence-corrected chi connectivity index (χ0v) is 18.3. The molecule has 3 N–H and O–H groups in total. The summed E-state index contributed by atoms with van der Waals surface area (Å²) in [5, 5.41) is 24.5. The maximum absolute atomic E-state index is 9.13. The lowest BCUT2D eigenvalue weighted by molar-refractivity contribution is 0.651. The highest BCUT2D eigenvalue weighted by atomic mass is 35.5. The van der Waals surface area contributed by atoms with E-state index in [1.807, 2.05) is 42.5 Å². The molecule has 0 atom stereocenters. The Kier molecular flexibility index (Phi) is 8.17. The molecule has 0 aliphatic heterocycles. The fourth-order valence-electron chi connectivity index (χ4n) is 3.29. The third kappa shape index (κ3) is 5.91. The highest BCUT2D eigenvalue weighted by molar-refractivity contribution is 6.30. The summed E-state index contributed by atoms with van der Waals surface area (Å²) in [5.41, 5.74) is 5.60. The number of rotatable bonds is 10. The quantitative estimate of drug-likeness (QED) is 0.282. The normalized spacial score (nSPS) is 10.5. The van der Waals surface area contributed by atoms with Gasteiger partial charge in [0.1, 0.15) is 5.69 Å². The molecule has 5 nitrogen and oxygen atoms in total. The number of hydrogen-bond donors (Lipinski definition) is 3. The largest absolute Gasteiger partial charge is 0.383 e. The van der Waals surface area contributed by atoms with Crippen LogP contribution in [0.25, 0.3) is 22.4 Å². The third-order valence-electron chi connectivity index (χ3n) is 4.90. The number of pyridine rings is 1. The Labute approximate surface area is 188 Å². The fraction of sp³-hybridized carbons (Fsp3) is 0.240. The number of nitrogens with zero attached hydrogens (tertiary/aromatic N) is 2. The minimum absolute atomic E-state index is 0.587. The molecule has 0 spiro atoms. The Bertz CT molecular complexity index is 1050. The Morgan fingerprint density at radius 3 is 2.39 bits per heavy atom. The summed E-state index contributed by atoms with van der Waals surface area (Å²) in [5.74, 6) is 0. The molecule has 0 saturated carbocycles. The number of nitriles is 1. The van der Waals surface area contributed by atoms with Crippen LogP contribution >= 0.6 is 11.6 Å². The highest BCUT2D eigenvalue weighted by Crippen LogP contribution is 2.34. The van der Waals surface area contributed by atoms with Crippen LogP contribution in [0.15, 0.2) is 54.6 Å². The predicted molar refractivity (Wildman–Crippen MR) is 129 cm³/mol. The molecule has 0 bridgehead atoms. The molecule has 158 valence electrons. The Morgan fingerprint density at radius 2 is 1.74 bits per heavy atom. The van der Waals surface area contributed by atoms with Crippen molar-refractivity contribution in [3.8, 4) is 28.5 Å². The number of nitrogens with one attached hydrogen (secondary N) is 3. The van der Waals surface area contributed by atoms with E-state index in [1.165, 1.54) is 6.21 Å². The Balaban J connectivity index is 1.98. The third-order valence-corrected chi connectivity index (χ3v) is 5.16. The first-order valence-corrected chi connectivity index (χ1v) is 10.8. The topological polar surface area (TPSA) is 84.6 Å². The number of anilines is 1. The van der Waals surface area contributed by atoms with Gasteiger partial charge < -0.3 is 16.0 Å². The zero-order valence-electron chi connectivity index (χ0n) is 17.6. The van der Waals surface area contributed by atoms with E-state index in [2.05, 4.69) is 23.6 Å². The molecule has 0 aliphatic carbocycles. The monoisotopic (exact) mass is 431 g/mol. The summed E-state index contributed by atoms with van der Waals surface area (Å²) in [4.78, 5) is 4.81. The molecular weight excluding hydrogens is 406 g/mol. The molecule has 0 unspecified atom stereocenters. The van der Waals surface area contributed by atoms with Gasteiger partial charge in [0.15, 0.2) is 0 Å². The van der Waals surface area contributed by atoms with Gasteiger partial charge in [0.2, 0.25) is 0 Å². The van der Waals surface area contributed by atoms with E-state index in [-0.39, 0.29) is 0 Å². The summed E-state index contributed by atoms with van der Waals surface area (Å²) < 4.78 is 0. The molecule has 31 heavy (non-hydrogen) atoms. The molecule has 2 aromatic carbocycles. The first-order valence-electron chi connectivity index (χ1n) is 10.4. The van der Waals surface area contributed by atoms with Gasteiger partial charge in [-0.3, -0.25) is 0 Å². The summed E-state index contributed by atoms with van der Waals surface area (Å²) in [7, 11) is 0. The van der Waals surface area contributed by atoms with Crippen LogP contribution in [0.1, 0.15) is 31.0 Å². The molecule has 6 heteroatoms. The summed E-state index contributed by atoms with van der Waals surface area (Å²) >= 11 is 6.07. The van der Waals surface area contributed by atoms with Crippen molar-refractivity contribution in [2.45, 2.75) is 19.8 Å². The predicted octanol–water partition coefficient (Wildman–Crippen LogP) is 5.74. The average Bonchev–Trinajstić information content (AvgIpc) is 2.81. The van der Waals surface area contributed by atoms with E-state index >= 15 is 0 Å². The van der Waals surface area contributed by atoms with Crippen LogP contribution in [0.2, 0.25) is 5.02 Å². The van der Waals surface area contributed by atoms with E-state index in [9.17, 15) is 0 Å². The second kappa shape index (κ2) is 11.3. The number of hydrogen-bond acceptors (Lipinski definition) is 5. The van der Waals surface area contributed by atoms with Gasteiger partial charge in [-0.25, -0.2) is 4.98 Å². The van der Waals surface area contributed by atoms with E-state index < -0.39 is 0 Å². The first kappa shape index (κ1) is 22.5. The fourth-order valence-corrected chi connectivity index (χ4v) is 3.42. The van der Waals surface area contributed by atoms with Gasteiger partial charge in [-0.1, -0.05) is 42.8 Å². The van der Waals surface area contributed by atoms with Gasteiger partial charge in [-0.05, 0) is 61.8 Å². The second-order valence-corrected chi connectivity index (χ2v) is 7.62. The molecule has 0 saturated heterocycles. The molecular formula is C25H26ClN5. The summed E-state index contributed by atoms with van der Waals surface area (Å²) in [6.45, 7) is 4.90. The van der Waals surface area contributed by atoms with Crippen molar-refractivity contribution in [3.63, 3.8) is 0 Å². The molecule has 3 rings (SSSR count). The van der Waals surface area contributed by atoms with Gasteiger partial charge in [0.05, 0.1) is 23.0 Å². The minimum atomic E-state index is 0.587. The number of benzene rings is 2. The van der Waals surface area contributed by atoms with Gasteiger partial charge in [0.25, 0.3) is 0 Å². The Hall–Kier alpha value is -3.20. The van der Waals surface area contributed by atoms with Crippen molar-refractivity contribution in [3.05, 3.63) is 70.9 Å². The smallest absolute Gasteiger partial charge is 0.104 e. The summed E-state index contributed by atoms with van der Waals surface area (Å²) in [6, 6.07) is 19.2. The van der Waals surface area contributed by atoms with Crippen molar-refractivity contribution in [2.24, 2.45) is 0 Å². The highest BCUT2D eigenvalue weighted by Gasteiger charge is 2.14. The lowest BCUT2D eigenvalue weighted by Gasteiger charge is -2.16. The minimum Gasteiger partial charge on any atom is -0.383 e. The number of aromatic nitrogens is 1. The number of halogens is 1. The standard InChI is InChI=1S/C25H26ClN5/c1-2-12-29-13-3-14-30-23-15-22(19-6-4-18(16-27)5-7-19)25(31-24(23)17-28)20-8-10-21(26)11-9-20/h4-11,15,17,28-30H,2-3,12-14H2,1H3. The van der Waals surface area contributed by atoms with E-state index in [0.29, 0.717) is 16.3 Å². The van der Waals surface area contributed by atoms with Crippen LogP contribution in [0, 0.1) is 16.7 Å². The van der Waals surface area contributed by atoms with Crippen LogP contribution in [0.4, 0.5) is 5.69 Å². The van der Waals surface area contributed by atoms with Crippen LogP contribution in [-0.2, 0) is 0 Å². The SMILES string of the molecule is CCCNCCCNc1cc(-c2ccc(C#N)cc2)c(-c2ccc(Cl)cc2)nc1C=N. The van der Waals surface area contributed by atoms with Gasteiger partial charge in [-0.15, -0.1) is 0 Å². The average molecular weight is 432 g/mol. The lowest BCUT2D eigenvalue weighted by atomic mass is 9.97. The van der Waals surface area contributed by atoms with Crippen molar-refractivity contribution in [1.82, 2.24) is 10.3 Å². The second-order valence-electron chi connectivity index (χ2n) is 7.19. The molecule has 1 aromatic heterocycles. The van der Waals surface area contributed by atoms with Crippen molar-refractivity contribution in [2.75, 3.05) is 25.0 Å². The lowest BCUT2D eigenvalue weighted by Crippen LogP contribution is -2.19. The molecule has 1 heterocycles. The molecule has 0 radical (unpaired) electrons. The van der Waals surface area contributed by atoms with E-state index in [4.69, 9.17) is 27.3 Å². The molecule has 0 fully saturated rings. The van der Waals surface area contributed by atoms with Crippen LogP contribution in [-0.4, -0.2) is 30.8 Å². The van der Waals surface area contributed by atoms with Crippen molar-refractivity contribution in [1.29, 1.82) is 10.7 Å². The van der Waals surface area contributed by atoms with Crippen LogP contribution in [0.5, 0.6) is 0 Å².